The second-order valence-corrected chi connectivity index (χ2v) is 7.63. The summed E-state index contributed by atoms with van der Waals surface area (Å²) in [5.41, 5.74) is 1.31. The highest BCUT2D eigenvalue weighted by Crippen LogP contribution is 2.25. The van der Waals surface area contributed by atoms with E-state index in [-0.39, 0.29) is 30.9 Å². The molecule has 2 unspecified atom stereocenters. The molecule has 3 heterocycles. The summed E-state index contributed by atoms with van der Waals surface area (Å²) < 4.78 is 0. The molecular formula is C20H32Cl2N4O. The van der Waals surface area contributed by atoms with E-state index in [1.54, 1.807) is 0 Å². The Bertz CT molecular complexity index is 583. The van der Waals surface area contributed by atoms with Gasteiger partial charge in [0, 0.05) is 51.9 Å². The van der Waals surface area contributed by atoms with E-state index in [0.717, 1.165) is 71.6 Å². The molecule has 1 aromatic rings. The number of carbonyl (C=O) groups is 1. The smallest absolute Gasteiger partial charge is 0.239 e. The summed E-state index contributed by atoms with van der Waals surface area (Å²) in [4.78, 5) is 20.2. The first-order chi connectivity index (χ1) is 12.3. The van der Waals surface area contributed by atoms with Crippen LogP contribution in [0.1, 0.15) is 24.8 Å². The predicted octanol–water partition coefficient (Wildman–Crippen LogP) is 2.00. The third-order valence-corrected chi connectivity index (χ3v) is 6.02. The van der Waals surface area contributed by atoms with Gasteiger partial charge in [-0.1, -0.05) is 30.3 Å². The molecule has 0 spiro atoms. The highest BCUT2D eigenvalue weighted by Gasteiger charge is 2.37. The predicted molar refractivity (Wildman–Crippen MR) is 114 cm³/mol. The average molecular weight is 415 g/mol. The lowest BCUT2D eigenvalue weighted by atomic mass is 10.1. The van der Waals surface area contributed by atoms with Gasteiger partial charge in [-0.3, -0.25) is 14.6 Å². The number of nitrogens with one attached hydrogen (secondary N) is 1. The van der Waals surface area contributed by atoms with Crippen LogP contribution in [-0.2, 0) is 11.3 Å². The zero-order chi connectivity index (χ0) is 17.1. The quantitative estimate of drug-likeness (QED) is 0.817. The van der Waals surface area contributed by atoms with Gasteiger partial charge >= 0.3 is 0 Å². The van der Waals surface area contributed by atoms with E-state index in [2.05, 4.69) is 50.3 Å². The normalized spacial score (nSPS) is 26.4. The van der Waals surface area contributed by atoms with Crippen LogP contribution in [0.15, 0.2) is 30.3 Å². The third-order valence-electron chi connectivity index (χ3n) is 6.02. The zero-order valence-electron chi connectivity index (χ0n) is 15.9. The molecule has 0 aliphatic carbocycles. The fraction of sp³-hybridized carbons (Fsp3) is 0.650. The summed E-state index contributed by atoms with van der Waals surface area (Å²) in [6.45, 7) is 8.20. The molecule has 3 aliphatic heterocycles. The number of piperazine rings is 1. The molecule has 3 saturated heterocycles. The van der Waals surface area contributed by atoms with Crippen molar-refractivity contribution in [2.75, 3.05) is 45.8 Å². The van der Waals surface area contributed by atoms with Crippen LogP contribution in [0.2, 0.25) is 0 Å². The first-order valence-electron chi connectivity index (χ1n) is 9.83. The summed E-state index contributed by atoms with van der Waals surface area (Å²) in [7, 11) is 0. The highest BCUT2D eigenvalue weighted by atomic mass is 35.5. The molecule has 152 valence electrons. The Hall–Kier alpha value is -0.850. The van der Waals surface area contributed by atoms with E-state index in [0.29, 0.717) is 11.9 Å². The van der Waals surface area contributed by atoms with Gasteiger partial charge in [0.1, 0.15) is 0 Å². The van der Waals surface area contributed by atoms with Crippen molar-refractivity contribution in [2.24, 2.45) is 0 Å². The van der Waals surface area contributed by atoms with Gasteiger partial charge in [0.25, 0.3) is 0 Å². The minimum atomic E-state index is 0. The van der Waals surface area contributed by atoms with Crippen molar-refractivity contribution in [2.45, 2.75) is 37.9 Å². The summed E-state index contributed by atoms with van der Waals surface area (Å²) in [5, 5.41) is 3.42. The van der Waals surface area contributed by atoms with Gasteiger partial charge < -0.3 is 10.2 Å². The van der Waals surface area contributed by atoms with Crippen molar-refractivity contribution in [3.05, 3.63) is 35.9 Å². The lowest BCUT2D eigenvalue weighted by Crippen LogP contribution is -2.50. The van der Waals surface area contributed by atoms with Gasteiger partial charge in [0.15, 0.2) is 0 Å². The molecule has 3 fully saturated rings. The Balaban J connectivity index is 0.00000131. The molecular weight excluding hydrogens is 383 g/mol. The van der Waals surface area contributed by atoms with Gasteiger partial charge in [-0.25, -0.2) is 0 Å². The maximum absolute atomic E-state index is 13.1. The first-order valence-corrected chi connectivity index (χ1v) is 9.83. The van der Waals surface area contributed by atoms with Crippen molar-refractivity contribution in [1.29, 1.82) is 0 Å². The van der Waals surface area contributed by atoms with Crippen LogP contribution in [0, 0.1) is 0 Å². The second kappa shape index (κ2) is 10.6. The van der Waals surface area contributed by atoms with E-state index in [1.807, 2.05) is 0 Å². The lowest BCUT2D eigenvalue weighted by molar-refractivity contribution is -0.135. The summed E-state index contributed by atoms with van der Waals surface area (Å²) in [5.74, 6) is 0.367. The lowest BCUT2D eigenvalue weighted by Gasteiger charge is -2.33. The molecule has 1 N–H and O–H groups in total. The monoisotopic (exact) mass is 414 g/mol. The molecule has 2 atom stereocenters. The summed E-state index contributed by atoms with van der Waals surface area (Å²) in [6, 6.07) is 11.2. The van der Waals surface area contributed by atoms with E-state index >= 15 is 0 Å². The summed E-state index contributed by atoms with van der Waals surface area (Å²) in [6.07, 6.45) is 3.29. The largest absolute Gasteiger partial charge is 0.340 e. The maximum atomic E-state index is 13.1. The molecule has 0 aromatic heterocycles. The van der Waals surface area contributed by atoms with Gasteiger partial charge in [-0.2, -0.15) is 0 Å². The molecule has 5 nitrogen and oxygen atoms in total. The maximum Gasteiger partial charge on any atom is 0.239 e. The Morgan fingerprint density at radius 2 is 1.74 bits per heavy atom. The molecule has 4 rings (SSSR count). The molecule has 0 bridgehead atoms. The third kappa shape index (κ3) is 5.36. The molecule has 3 aliphatic rings. The van der Waals surface area contributed by atoms with Crippen LogP contribution in [0.3, 0.4) is 0 Å². The number of rotatable bonds is 4. The second-order valence-electron chi connectivity index (χ2n) is 7.63. The molecule has 27 heavy (non-hydrogen) atoms. The fourth-order valence-corrected chi connectivity index (χ4v) is 4.61. The number of carbonyl (C=O) groups excluding carboxylic acids is 1. The number of likely N-dealkylation sites (tertiary alicyclic amines) is 2. The summed E-state index contributed by atoms with van der Waals surface area (Å²) >= 11 is 0. The highest BCUT2D eigenvalue weighted by molar-refractivity contribution is 5.85. The van der Waals surface area contributed by atoms with Crippen molar-refractivity contribution in [1.82, 2.24) is 20.0 Å². The van der Waals surface area contributed by atoms with Crippen molar-refractivity contribution >= 4 is 30.7 Å². The van der Waals surface area contributed by atoms with Crippen molar-refractivity contribution in [3.63, 3.8) is 0 Å². The minimum Gasteiger partial charge on any atom is -0.340 e. The molecule has 7 heteroatoms. The molecule has 1 aromatic carbocycles. The standard InChI is InChI=1S/C20H30N4O.2ClH/c25-20(24-12-8-18(16-24)22-13-9-21-10-14-22)19-7-4-11-23(19)15-17-5-2-1-3-6-17;;/h1-3,5-6,18-19,21H,4,7-16H2;2*1H. The Kier molecular flexibility index (Phi) is 8.83. The first kappa shape index (κ1) is 22.4. The van der Waals surface area contributed by atoms with Crippen LogP contribution in [0.4, 0.5) is 0 Å². The average Bonchev–Trinajstić information content (AvgIpc) is 3.32. The van der Waals surface area contributed by atoms with Crippen LogP contribution < -0.4 is 5.32 Å². The molecule has 0 saturated carbocycles. The minimum absolute atomic E-state index is 0. The van der Waals surface area contributed by atoms with Crippen molar-refractivity contribution < 1.29 is 4.79 Å². The van der Waals surface area contributed by atoms with E-state index in [4.69, 9.17) is 0 Å². The van der Waals surface area contributed by atoms with Crippen LogP contribution in [-0.4, -0.2) is 78.5 Å². The number of benzene rings is 1. The molecule has 0 radical (unpaired) electrons. The number of amides is 1. The van der Waals surface area contributed by atoms with E-state index < -0.39 is 0 Å². The van der Waals surface area contributed by atoms with E-state index in [1.165, 1.54) is 5.56 Å². The number of nitrogens with zero attached hydrogens (tertiary/aromatic N) is 3. The van der Waals surface area contributed by atoms with Gasteiger partial charge in [0.2, 0.25) is 5.91 Å². The number of halogens is 2. The number of hydrogen-bond donors (Lipinski definition) is 1. The Morgan fingerprint density at radius 3 is 2.48 bits per heavy atom. The molecule has 1 amide bonds. The Morgan fingerprint density at radius 1 is 1.00 bits per heavy atom. The number of hydrogen-bond acceptors (Lipinski definition) is 4. The van der Waals surface area contributed by atoms with Gasteiger partial charge in [0.05, 0.1) is 6.04 Å². The van der Waals surface area contributed by atoms with Gasteiger partial charge in [-0.05, 0) is 31.4 Å². The van der Waals surface area contributed by atoms with E-state index in [9.17, 15) is 4.79 Å². The fourth-order valence-electron chi connectivity index (χ4n) is 4.61. The zero-order valence-corrected chi connectivity index (χ0v) is 17.5. The van der Waals surface area contributed by atoms with Gasteiger partial charge in [-0.15, -0.1) is 24.8 Å². The van der Waals surface area contributed by atoms with Crippen LogP contribution in [0.5, 0.6) is 0 Å². The van der Waals surface area contributed by atoms with Crippen LogP contribution in [0.25, 0.3) is 0 Å². The van der Waals surface area contributed by atoms with Crippen LogP contribution >= 0.6 is 24.8 Å². The Labute approximate surface area is 175 Å². The van der Waals surface area contributed by atoms with Crippen molar-refractivity contribution in [3.8, 4) is 0 Å². The SMILES string of the molecule is Cl.Cl.O=C(C1CCCN1Cc1ccccc1)N1CCC(N2CCNCC2)C1. The topological polar surface area (TPSA) is 38.8 Å².